The Bertz CT molecular complexity index is 452. The zero-order chi connectivity index (χ0) is 14.7. The normalized spacial score (nSPS) is 14.7. The van der Waals surface area contributed by atoms with Gasteiger partial charge in [0.05, 0.1) is 0 Å². The van der Waals surface area contributed by atoms with Crippen molar-refractivity contribution in [2.75, 3.05) is 23.3 Å². The van der Waals surface area contributed by atoms with E-state index in [1.807, 2.05) is 0 Å². The Kier molecular flexibility index (Phi) is 4.84. The maximum Gasteiger partial charge on any atom is 0.137 e. The van der Waals surface area contributed by atoms with Crippen molar-refractivity contribution in [1.29, 1.82) is 0 Å². The lowest BCUT2D eigenvalue weighted by molar-refractivity contribution is 0.741. The van der Waals surface area contributed by atoms with E-state index in [1.54, 1.807) is 0 Å². The van der Waals surface area contributed by atoms with Crippen LogP contribution >= 0.6 is 0 Å². The van der Waals surface area contributed by atoms with Crippen LogP contribution in [0, 0.1) is 6.92 Å². The Morgan fingerprint density at radius 3 is 2.45 bits per heavy atom. The lowest BCUT2D eigenvalue weighted by Crippen LogP contribution is -2.28. The summed E-state index contributed by atoms with van der Waals surface area (Å²) in [4.78, 5) is 12.0. The van der Waals surface area contributed by atoms with Crippen LogP contribution in [0.25, 0.3) is 0 Å². The molecule has 1 fully saturated rings. The van der Waals surface area contributed by atoms with Crippen molar-refractivity contribution in [2.45, 2.75) is 65.8 Å². The van der Waals surface area contributed by atoms with Gasteiger partial charge in [-0.25, -0.2) is 9.97 Å². The van der Waals surface area contributed by atoms with Crippen LogP contribution < -0.4 is 10.2 Å². The first-order valence-corrected chi connectivity index (χ1v) is 7.97. The average Bonchev–Trinajstić information content (AvgIpc) is 3.24. The fraction of sp³-hybridized carbons (Fsp3) is 0.750. The highest BCUT2D eigenvalue weighted by Gasteiger charge is 2.31. The van der Waals surface area contributed by atoms with Crippen LogP contribution in [0.15, 0.2) is 0 Å². The lowest BCUT2D eigenvalue weighted by atomic mass is 10.2. The predicted octanol–water partition coefficient (Wildman–Crippen LogP) is 3.72. The number of hydrogen-bond acceptors (Lipinski definition) is 4. The molecule has 1 aromatic rings. The highest BCUT2D eigenvalue weighted by atomic mass is 15.2. The van der Waals surface area contributed by atoms with Crippen molar-refractivity contribution in [1.82, 2.24) is 9.97 Å². The zero-order valence-electron chi connectivity index (χ0n) is 13.5. The number of anilines is 2. The van der Waals surface area contributed by atoms with E-state index in [4.69, 9.17) is 9.97 Å². The Labute approximate surface area is 123 Å². The summed E-state index contributed by atoms with van der Waals surface area (Å²) in [5.74, 6) is 3.45. The molecule has 0 aromatic carbocycles. The molecular weight excluding hydrogens is 248 g/mol. The molecule has 1 N–H and O–H groups in total. The molecule has 112 valence electrons. The van der Waals surface area contributed by atoms with Crippen LogP contribution in [0.4, 0.5) is 11.6 Å². The van der Waals surface area contributed by atoms with E-state index in [1.165, 1.54) is 18.4 Å². The molecule has 0 radical (unpaired) electrons. The molecule has 0 unspecified atom stereocenters. The molecule has 0 amide bonds. The second-order valence-corrected chi connectivity index (χ2v) is 5.98. The van der Waals surface area contributed by atoms with E-state index >= 15 is 0 Å². The third-order valence-corrected chi connectivity index (χ3v) is 3.80. The molecule has 1 heterocycles. The molecule has 1 aromatic heterocycles. The number of aromatic nitrogens is 2. The van der Waals surface area contributed by atoms with Gasteiger partial charge in [0.15, 0.2) is 0 Å². The van der Waals surface area contributed by atoms with Gasteiger partial charge in [-0.1, -0.05) is 20.8 Å². The van der Waals surface area contributed by atoms with E-state index in [-0.39, 0.29) is 0 Å². The highest BCUT2D eigenvalue weighted by Crippen LogP contribution is 2.34. The number of rotatable bonds is 7. The molecule has 0 atom stereocenters. The van der Waals surface area contributed by atoms with Crippen molar-refractivity contribution >= 4 is 11.6 Å². The van der Waals surface area contributed by atoms with Gasteiger partial charge in [-0.3, -0.25) is 0 Å². The summed E-state index contributed by atoms with van der Waals surface area (Å²) in [6.45, 7) is 12.8. The van der Waals surface area contributed by atoms with Crippen molar-refractivity contribution < 1.29 is 0 Å². The number of nitrogens with zero attached hydrogens (tertiary/aromatic N) is 3. The molecule has 0 aliphatic heterocycles. The summed E-state index contributed by atoms with van der Waals surface area (Å²) in [6.07, 6.45) is 3.70. The number of hydrogen-bond donors (Lipinski definition) is 1. The third-order valence-electron chi connectivity index (χ3n) is 3.80. The molecule has 20 heavy (non-hydrogen) atoms. The van der Waals surface area contributed by atoms with Crippen molar-refractivity contribution in [3.63, 3.8) is 0 Å². The van der Waals surface area contributed by atoms with Crippen LogP contribution in [0.2, 0.25) is 0 Å². The molecule has 1 saturated carbocycles. The van der Waals surface area contributed by atoms with E-state index < -0.39 is 0 Å². The molecule has 0 saturated heterocycles. The second kappa shape index (κ2) is 6.42. The maximum absolute atomic E-state index is 4.85. The summed E-state index contributed by atoms with van der Waals surface area (Å²) >= 11 is 0. The molecular formula is C16H28N4. The smallest absolute Gasteiger partial charge is 0.137 e. The van der Waals surface area contributed by atoms with Gasteiger partial charge < -0.3 is 10.2 Å². The van der Waals surface area contributed by atoms with Crippen LogP contribution in [0.1, 0.15) is 64.3 Å². The van der Waals surface area contributed by atoms with Gasteiger partial charge in [-0.15, -0.1) is 0 Å². The SMILES string of the molecule is CCCNc1nc(C(C)C)nc(N(CC)C2CC2)c1C. The quantitative estimate of drug-likeness (QED) is 0.824. The highest BCUT2D eigenvalue weighted by molar-refractivity contribution is 5.59. The predicted molar refractivity (Wildman–Crippen MR) is 85.7 cm³/mol. The maximum atomic E-state index is 4.85. The lowest BCUT2D eigenvalue weighted by Gasteiger charge is -2.25. The van der Waals surface area contributed by atoms with Gasteiger partial charge in [-0.2, -0.15) is 0 Å². The summed E-state index contributed by atoms with van der Waals surface area (Å²) in [6, 6.07) is 0.688. The van der Waals surface area contributed by atoms with Gasteiger partial charge >= 0.3 is 0 Å². The summed E-state index contributed by atoms with van der Waals surface area (Å²) in [7, 11) is 0. The average molecular weight is 276 g/mol. The fourth-order valence-electron chi connectivity index (χ4n) is 2.44. The van der Waals surface area contributed by atoms with Crippen LogP contribution in [-0.2, 0) is 0 Å². The van der Waals surface area contributed by atoms with E-state index in [2.05, 4.69) is 44.8 Å². The first-order chi connectivity index (χ1) is 9.58. The summed E-state index contributed by atoms with van der Waals surface area (Å²) < 4.78 is 0. The van der Waals surface area contributed by atoms with Crippen molar-refractivity contribution in [3.8, 4) is 0 Å². The Morgan fingerprint density at radius 1 is 1.25 bits per heavy atom. The summed E-state index contributed by atoms with van der Waals surface area (Å²) in [5, 5.41) is 3.46. The van der Waals surface area contributed by atoms with E-state index in [9.17, 15) is 0 Å². The Morgan fingerprint density at radius 2 is 1.95 bits per heavy atom. The van der Waals surface area contributed by atoms with Gasteiger partial charge in [0.2, 0.25) is 0 Å². The largest absolute Gasteiger partial charge is 0.370 e. The van der Waals surface area contributed by atoms with Crippen molar-refractivity contribution in [3.05, 3.63) is 11.4 Å². The van der Waals surface area contributed by atoms with Gasteiger partial charge in [0.25, 0.3) is 0 Å². The minimum absolute atomic E-state index is 0.356. The minimum Gasteiger partial charge on any atom is -0.370 e. The van der Waals surface area contributed by atoms with Crippen LogP contribution in [0.5, 0.6) is 0 Å². The zero-order valence-corrected chi connectivity index (χ0v) is 13.5. The third kappa shape index (κ3) is 3.22. The van der Waals surface area contributed by atoms with Crippen LogP contribution in [-0.4, -0.2) is 29.1 Å². The van der Waals surface area contributed by atoms with Crippen LogP contribution in [0.3, 0.4) is 0 Å². The minimum atomic E-state index is 0.356. The molecule has 0 spiro atoms. The van der Waals surface area contributed by atoms with Gasteiger partial charge in [0, 0.05) is 30.6 Å². The first kappa shape index (κ1) is 15.1. The van der Waals surface area contributed by atoms with Gasteiger partial charge in [-0.05, 0) is 33.1 Å². The van der Waals surface area contributed by atoms with Crippen molar-refractivity contribution in [2.24, 2.45) is 0 Å². The molecule has 1 aliphatic rings. The topological polar surface area (TPSA) is 41.1 Å². The molecule has 0 bridgehead atoms. The summed E-state index contributed by atoms with van der Waals surface area (Å²) in [5.41, 5.74) is 1.19. The fourth-order valence-corrected chi connectivity index (χ4v) is 2.44. The molecule has 4 heteroatoms. The molecule has 4 nitrogen and oxygen atoms in total. The number of nitrogens with one attached hydrogen (secondary N) is 1. The standard InChI is InChI=1S/C16H28N4/c1-6-10-17-15-12(5)16(19-14(18-15)11(3)4)20(7-2)13-8-9-13/h11,13H,6-10H2,1-5H3,(H,17,18,19). The van der Waals surface area contributed by atoms with Gasteiger partial charge in [0.1, 0.15) is 17.5 Å². The Hall–Kier alpha value is -1.32. The van der Waals surface area contributed by atoms with E-state index in [0.29, 0.717) is 12.0 Å². The molecule has 1 aliphatic carbocycles. The Balaban J connectivity index is 2.39. The first-order valence-electron chi connectivity index (χ1n) is 7.97. The van der Waals surface area contributed by atoms with E-state index in [0.717, 1.165) is 37.0 Å². The molecule has 2 rings (SSSR count). The monoisotopic (exact) mass is 276 g/mol. The second-order valence-electron chi connectivity index (χ2n) is 5.98.